The van der Waals surface area contributed by atoms with Crippen LogP contribution in [0.5, 0.6) is 0 Å². The molecule has 1 aromatic heterocycles. The maximum atomic E-state index is 16.6. The van der Waals surface area contributed by atoms with Gasteiger partial charge in [-0.15, -0.1) is 6.42 Å². The van der Waals surface area contributed by atoms with E-state index >= 15 is 8.78 Å². The normalized spacial score (nSPS) is 18.4. The van der Waals surface area contributed by atoms with E-state index in [4.69, 9.17) is 11.2 Å². The molecule has 4 atom stereocenters. The number of carbonyl (C=O) groups excluding carboxylic acids is 1. The van der Waals surface area contributed by atoms with Gasteiger partial charge in [0, 0.05) is 48.1 Å². The molecule has 2 fully saturated rings. The minimum atomic E-state index is -4.87. The van der Waals surface area contributed by atoms with Crippen molar-refractivity contribution in [2.24, 2.45) is 5.92 Å². The summed E-state index contributed by atoms with van der Waals surface area (Å²) in [6.07, 6.45) is 1.30. The van der Waals surface area contributed by atoms with Crippen LogP contribution in [0.4, 0.5) is 26.3 Å². The molecule has 0 aliphatic carbocycles. The molecule has 2 aliphatic heterocycles. The summed E-state index contributed by atoms with van der Waals surface area (Å²) in [6.45, 7) is 7.66. The second-order valence-corrected chi connectivity index (χ2v) is 13.9. The van der Waals surface area contributed by atoms with Crippen molar-refractivity contribution < 1.29 is 45.8 Å². The summed E-state index contributed by atoms with van der Waals surface area (Å²) >= 11 is 0. The number of halogens is 6. The van der Waals surface area contributed by atoms with Gasteiger partial charge in [-0.25, -0.2) is 13.2 Å². The monoisotopic (exact) mass is 731 g/mol. The molecule has 3 heterocycles. The fourth-order valence-corrected chi connectivity index (χ4v) is 7.39. The Hall–Kier alpha value is -4.61. The quantitative estimate of drug-likeness (QED) is 0.163. The van der Waals surface area contributed by atoms with Crippen molar-refractivity contribution in [2.45, 2.75) is 83.8 Å². The zero-order valence-corrected chi connectivity index (χ0v) is 29.0. The van der Waals surface area contributed by atoms with E-state index < -0.39 is 70.7 Å². The number of nitrogens with zero attached hydrogens (tertiary/aromatic N) is 2. The number of carbonyl (C=O) groups is 2. The number of hydrogen-bond donors (Lipinski definition) is 2. The van der Waals surface area contributed by atoms with Gasteiger partial charge in [0.15, 0.2) is 0 Å². The number of hydrogen-bond acceptors (Lipinski definition) is 5. The second-order valence-electron chi connectivity index (χ2n) is 13.9. The SMILES string of the molecule is C#Cc1cc(F)c([C@@H](CC(=O)O)NC(=O)[C@H](CC(C)C)n2cc(CCN3C[C@@H]4C[C@H]3CO4)c(C(F)(F)F)cc2=O)c(F)c1-c1c(C)cc(F)cc1C. The Morgan fingerprint density at radius 2 is 1.77 bits per heavy atom. The van der Waals surface area contributed by atoms with Crippen LogP contribution in [0.1, 0.15) is 78.6 Å². The van der Waals surface area contributed by atoms with Crippen LogP contribution < -0.4 is 10.9 Å². The van der Waals surface area contributed by atoms with Gasteiger partial charge in [-0.05, 0) is 79.5 Å². The third-order valence-electron chi connectivity index (χ3n) is 9.68. The molecule has 5 rings (SSSR count). The molecular formula is C38H39F6N3O5. The Morgan fingerprint density at radius 3 is 2.31 bits per heavy atom. The highest BCUT2D eigenvalue weighted by molar-refractivity contribution is 5.83. The number of morpholine rings is 1. The van der Waals surface area contributed by atoms with E-state index in [-0.39, 0.29) is 70.8 Å². The first-order valence-corrected chi connectivity index (χ1v) is 16.8. The summed E-state index contributed by atoms with van der Waals surface area (Å²) in [6, 6.07) is 0.217. The van der Waals surface area contributed by atoms with Gasteiger partial charge < -0.3 is 19.7 Å². The number of ether oxygens (including phenoxy) is 1. The first kappa shape index (κ1) is 38.6. The summed E-state index contributed by atoms with van der Waals surface area (Å²) in [5.41, 5.74) is -3.25. The molecule has 14 heteroatoms. The maximum Gasteiger partial charge on any atom is 0.416 e. The molecule has 0 saturated carbocycles. The third-order valence-corrected chi connectivity index (χ3v) is 9.68. The number of pyridine rings is 1. The van der Waals surface area contributed by atoms with Crippen LogP contribution in [-0.2, 0) is 26.9 Å². The van der Waals surface area contributed by atoms with Gasteiger partial charge in [0.2, 0.25) is 5.91 Å². The van der Waals surface area contributed by atoms with Crippen LogP contribution in [0.15, 0.2) is 35.3 Å². The van der Waals surface area contributed by atoms with Crippen LogP contribution >= 0.6 is 0 Å². The van der Waals surface area contributed by atoms with Crippen LogP contribution in [0.25, 0.3) is 11.1 Å². The van der Waals surface area contributed by atoms with E-state index in [0.717, 1.165) is 35.4 Å². The van der Waals surface area contributed by atoms with Gasteiger partial charge >= 0.3 is 12.1 Å². The van der Waals surface area contributed by atoms with Crippen molar-refractivity contribution in [3.8, 4) is 23.5 Å². The molecular weight excluding hydrogens is 692 g/mol. The molecule has 2 N–H and O–H groups in total. The summed E-state index contributed by atoms with van der Waals surface area (Å²) in [5, 5.41) is 12.2. The standard InChI is InChI=1S/C38H39F6N3O5/c1-6-22-12-28(40)35(36(41)34(22)33-20(4)10-24(39)11-21(33)5)29(15-32(49)50)45-37(51)30(9-19(2)3)47-16-23(27(14-31(47)48)38(42,43)44)7-8-46-17-26-13-25(46)18-52-26/h1,10-12,14,16,19,25-26,29-30H,7-9,13,15,17-18H2,2-5H3,(H,45,51)(H,49,50)/t25-,26-,29+,30-/m0/s1. The Bertz CT molecular complexity index is 1960. The maximum absolute atomic E-state index is 16.6. The molecule has 8 nitrogen and oxygen atoms in total. The predicted octanol–water partition coefficient (Wildman–Crippen LogP) is 6.48. The number of benzene rings is 2. The number of aliphatic carboxylic acids is 1. The molecule has 1 amide bonds. The van der Waals surface area contributed by atoms with E-state index in [1.165, 1.54) is 13.8 Å². The minimum absolute atomic E-state index is 0.0103. The first-order chi connectivity index (χ1) is 24.4. The van der Waals surface area contributed by atoms with E-state index in [2.05, 4.69) is 11.2 Å². The zero-order chi connectivity index (χ0) is 38.2. The van der Waals surface area contributed by atoms with Crippen molar-refractivity contribution in [3.63, 3.8) is 0 Å². The van der Waals surface area contributed by atoms with Crippen LogP contribution in [0.3, 0.4) is 0 Å². The lowest BCUT2D eigenvalue weighted by molar-refractivity contribution is -0.139. The Morgan fingerprint density at radius 1 is 1.10 bits per heavy atom. The van der Waals surface area contributed by atoms with Gasteiger partial charge in [0.05, 0.1) is 30.7 Å². The number of fused-ring (bicyclic) bond motifs is 2. The average Bonchev–Trinajstić information content (AvgIpc) is 3.66. The first-order valence-electron chi connectivity index (χ1n) is 16.8. The highest BCUT2D eigenvalue weighted by atomic mass is 19.4. The number of nitrogens with one attached hydrogen (secondary N) is 1. The van der Waals surface area contributed by atoms with Gasteiger partial charge in [0.1, 0.15) is 23.5 Å². The molecule has 0 unspecified atom stereocenters. The molecule has 2 bridgehead atoms. The van der Waals surface area contributed by atoms with E-state index in [1.807, 2.05) is 4.90 Å². The van der Waals surface area contributed by atoms with Crippen LogP contribution in [-0.4, -0.2) is 58.3 Å². The number of alkyl halides is 3. The molecule has 278 valence electrons. The Balaban J connectivity index is 1.57. The van der Waals surface area contributed by atoms with Crippen molar-refractivity contribution in [1.29, 1.82) is 0 Å². The largest absolute Gasteiger partial charge is 0.481 e. The number of amides is 1. The fraction of sp³-hybridized carbons (Fsp3) is 0.447. The van der Waals surface area contributed by atoms with Gasteiger partial charge in [0.25, 0.3) is 5.56 Å². The molecule has 2 aliphatic rings. The zero-order valence-electron chi connectivity index (χ0n) is 29.0. The van der Waals surface area contributed by atoms with Crippen LogP contribution in [0, 0.1) is 49.6 Å². The molecule has 0 radical (unpaired) electrons. The van der Waals surface area contributed by atoms with Crippen molar-refractivity contribution in [2.75, 3.05) is 19.7 Å². The van der Waals surface area contributed by atoms with Crippen LogP contribution in [0.2, 0.25) is 0 Å². The average molecular weight is 732 g/mol. The highest BCUT2D eigenvalue weighted by Crippen LogP contribution is 2.39. The highest BCUT2D eigenvalue weighted by Gasteiger charge is 2.40. The van der Waals surface area contributed by atoms with Gasteiger partial charge in [-0.3, -0.25) is 19.3 Å². The summed E-state index contributed by atoms with van der Waals surface area (Å²) in [7, 11) is 0. The van der Waals surface area contributed by atoms with Gasteiger partial charge in [-0.1, -0.05) is 19.8 Å². The number of carboxylic acids is 1. The molecule has 0 spiro atoms. The lowest BCUT2D eigenvalue weighted by Crippen LogP contribution is -2.41. The second kappa shape index (κ2) is 15.2. The fourth-order valence-electron chi connectivity index (χ4n) is 7.39. The predicted molar refractivity (Wildman–Crippen MR) is 180 cm³/mol. The number of rotatable bonds is 12. The minimum Gasteiger partial charge on any atom is -0.481 e. The number of aromatic nitrogens is 1. The summed E-state index contributed by atoms with van der Waals surface area (Å²) in [5.74, 6) is -3.86. The number of likely N-dealkylation sites (tertiary alicyclic amines) is 1. The lowest BCUT2D eigenvalue weighted by Gasteiger charge is -2.28. The number of aryl methyl sites for hydroxylation is 2. The van der Waals surface area contributed by atoms with Crippen molar-refractivity contribution in [3.05, 3.63) is 91.6 Å². The number of terminal acetylenes is 1. The molecule has 2 aromatic carbocycles. The smallest absolute Gasteiger partial charge is 0.416 e. The third kappa shape index (κ3) is 8.05. The Labute approximate surface area is 296 Å². The van der Waals surface area contributed by atoms with E-state index in [0.29, 0.717) is 19.2 Å². The lowest BCUT2D eigenvalue weighted by atomic mass is 9.88. The van der Waals surface area contributed by atoms with E-state index in [9.17, 15) is 37.1 Å². The molecule has 52 heavy (non-hydrogen) atoms. The summed E-state index contributed by atoms with van der Waals surface area (Å²) < 4.78 is 95.6. The number of carboxylic acid groups (broad SMARTS) is 1. The molecule has 2 saturated heterocycles. The topological polar surface area (TPSA) is 101 Å². The van der Waals surface area contributed by atoms with Crippen molar-refractivity contribution in [1.82, 2.24) is 14.8 Å². The Kier molecular flexibility index (Phi) is 11.3. The van der Waals surface area contributed by atoms with E-state index in [1.54, 1.807) is 13.8 Å². The summed E-state index contributed by atoms with van der Waals surface area (Å²) in [4.78, 5) is 41.5. The molecule has 3 aromatic rings. The van der Waals surface area contributed by atoms with Crippen molar-refractivity contribution >= 4 is 11.9 Å². The van der Waals surface area contributed by atoms with Gasteiger partial charge in [-0.2, -0.15) is 13.2 Å².